The molecule has 0 spiro atoms. The molecule has 0 saturated carbocycles. The van der Waals surface area contributed by atoms with Gasteiger partial charge in [-0.3, -0.25) is 0 Å². The molecule has 0 atom stereocenters. The van der Waals surface area contributed by atoms with E-state index in [4.69, 9.17) is 11.6 Å². The maximum atomic E-state index is 12.4. The van der Waals surface area contributed by atoms with Crippen molar-refractivity contribution in [2.24, 2.45) is 0 Å². The molecule has 112 valence electrons. The quantitative estimate of drug-likeness (QED) is 0.804. The van der Waals surface area contributed by atoms with Crippen LogP contribution in [0.5, 0.6) is 0 Å². The Labute approximate surface area is 136 Å². The Hall–Kier alpha value is -1.18. The van der Waals surface area contributed by atoms with Crippen molar-refractivity contribution >= 4 is 48.9 Å². The molecule has 0 radical (unpaired) electrons. The Kier molecular flexibility index (Phi) is 4.85. The minimum absolute atomic E-state index is 0.0740. The van der Waals surface area contributed by atoms with Crippen LogP contribution in [0.4, 0.5) is 11.5 Å². The third-order valence-corrected chi connectivity index (χ3v) is 5.75. The smallest absolute Gasteiger partial charge is 0.224 e. The van der Waals surface area contributed by atoms with Crippen LogP contribution in [0.3, 0.4) is 0 Å². The van der Waals surface area contributed by atoms with Crippen molar-refractivity contribution in [1.29, 1.82) is 0 Å². The predicted molar refractivity (Wildman–Crippen MR) is 86.8 cm³/mol. The van der Waals surface area contributed by atoms with E-state index in [1.807, 2.05) is 0 Å². The zero-order valence-electron chi connectivity index (χ0n) is 11.3. The molecule has 1 aromatic carbocycles. The highest BCUT2D eigenvalue weighted by Crippen LogP contribution is 2.30. The second-order valence-corrected chi connectivity index (χ2v) is 8.22. The topological polar surface area (TPSA) is 72.0 Å². The van der Waals surface area contributed by atoms with E-state index < -0.39 is 15.1 Å². The van der Waals surface area contributed by atoms with Crippen molar-refractivity contribution in [2.45, 2.75) is 24.0 Å². The normalized spacial score (nSPS) is 11.7. The number of benzene rings is 1. The van der Waals surface area contributed by atoms with Crippen molar-refractivity contribution < 1.29 is 8.42 Å². The first-order chi connectivity index (χ1) is 9.82. The molecule has 0 fully saturated rings. The summed E-state index contributed by atoms with van der Waals surface area (Å²) < 4.78 is 25.4. The van der Waals surface area contributed by atoms with Crippen molar-refractivity contribution in [1.82, 2.24) is 9.97 Å². The number of aromatic nitrogens is 2. The average Bonchev–Trinajstić information content (AvgIpc) is 2.43. The lowest BCUT2D eigenvalue weighted by molar-refractivity contribution is 0.588. The monoisotopic (exact) mass is 389 g/mol. The van der Waals surface area contributed by atoms with Gasteiger partial charge in [-0.15, -0.1) is 0 Å². The maximum absolute atomic E-state index is 12.4. The summed E-state index contributed by atoms with van der Waals surface area (Å²) in [4.78, 5) is 8.09. The molecule has 2 aromatic rings. The summed E-state index contributed by atoms with van der Waals surface area (Å²) in [6.45, 7) is 3.28. The molecule has 0 aliphatic rings. The van der Waals surface area contributed by atoms with Crippen LogP contribution in [0, 0.1) is 0 Å². The van der Waals surface area contributed by atoms with E-state index in [2.05, 4.69) is 31.2 Å². The number of halogens is 2. The van der Waals surface area contributed by atoms with Crippen LogP contribution < -0.4 is 5.32 Å². The maximum Gasteiger partial charge on any atom is 0.224 e. The van der Waals surface area contributed by atoms with E-state index in [1.165, 1.54) is 6.20 Å². The standard InChI is InChI=1S/C13H13BrClN3O2S/c1-8(2)21(19,20)11-6-4-3-5-10(11)17-12-9(14)7-16-13(15)18-12/h3-8H,1-2H3,(H,16,17,18). The Balaban J connectivity index is 2.49. The van der Waals surface area contributed by atoms with Gasteiger partial charge >= 0.3 is 0 Å². The van der Waals surface area contributed by atoms with E-state index in [-0.39, 0.29) is 10.2 Å². The van der Waals surface area contributed by atoms with E-state index in [9.17, 15) is 8.42 Å². The van der Waals surface area contributed by atoms with Crippen molar-refractivity contribution in [3.05, 3.63) is 40.2 Å². The summed E-state index contributed by atoms with van der Waals surface area (Å²) in [5, 5.41) is 2.54. The number of para-hydroxylation sites is 1. The molecule has 0 saturated heterocycles. The lowest BCUT2D eigenvalue weighted by Crippen LogP contribution is -2.15. The number of nitrogens with zero attached hydrogens (tertiary/aromatic N) is 2. The van der Waals surface area contributed by atoms with Crippen molar-refractivity contribution in [3.8, 4) is 0 Å². The molecule has 2 rings (SSSR count). The predicted octanol–water partition coefficient (Wildman–Crippen LogP) is 3.82. The second-order valence-electron chi connectivity index (χ2n) is 4.55. The Morgan fingerprint density at radius 2 is 1.95 bits per heavy atom. The molecular formula is C13H13BrClN3O2S. The molecular weight excluding hydrogens is 378 g/mol. The third-order valence-electron chi connectivity index (χ3n) is 2.78. The molecule has 5 nitrogen and oxygen atoms in total. The molecule has 1 aromatic heterocycles. The first-order valence-corrected chi connectivity index (χ1v) is 8.82. The summed E-state index contributed by atoms with van der Waals surface area (Å²) in [6, 6.07) is 6.67. The molecule has 0 aliphatic carbocycles. The summed E-state index contributed by atoms with van der Waals surface area (Å²) in [6.07, 6.45) is 1.50. The van der Waals surface area contributed by atoms with E-state index in [0.29, 0.717) is 16.0 Å². The van der Waals surface area contributed by atoms with Gasteiger partial charge in [0.15, 0.2) is 9.84 Å². The van der Waals surface area contributed by atoms with Gasteiger partial charge in [-0.25, -0.2) is 13.4 Å². The van der Waals surface area contributed by atoms with Crippen LogP contribution >= 0.6 is 27.5 Å². The molecule has 8 heteroatoms. The highest BCUT2D eigenvalue weighted by atomic mass is 79.9. The molecule has 1 heterocycles. The van der Waals surface area contributed by atoms with Crippen molar-refractivity contribution in [3.63, 3.8) is 0 Å². The zero-order chi connectivity index (χ0) is 15.6. The fourth-order valence-electron chi connectivity index (χ4n) is 1.63. The van der Waals surface area contributed by atoms with Crippen molar-refractivity contribution in [2.75, 3.05) is 5.32 Å². The van der Waals surface area contributed by atoms with Gasteiger partial charge in [0, 0.05) is 6.20 Å². The number of sulfone groups is 1. The molecule has 0 aliphatic heterocycles. The van der Waals surface area contributed by atoms with E-state index in [0.717, 1.165) is 0 Å². The van der Waals surface area contributed by atoms with E-state index >= 15 is 0 Å². The molecule has 1 N–H and O–H groups in total. The van der Waals surface area contributed by atoms with Crippen LogP contribution in [-0.4, -0.2) is 23.6 Å². The number of anilines is 2. The largest absolute Gasteiger partial charge is 0.338 e. The van der Waals surface area contributed by atoms with E-state index in [1.54, 1.807) is 38.1 Å². The molecule has 0 bridgehead atoms. The zero-order valence-corrected chi connectivity index (χ0v) is 14.5. The van der Waals surface area contributed by atoms with Crippen LogP contribution in [0.1, 0.15) is 13.8 Å². The SMILES string of the molecule is CC(C)S(=O)(=O)c1ccccc1Nc1nc(Cl)ncc1Br. The highest BCUT2D eigenvalue weighted by molar-refractivity contribution is 9.10. The van der Waals surface area contributed by atoms with Gasteiger partial charge in [0.2, 0.25) is 5.28 Å². The molecule has 0 amide bonds. The van der Waals surface area contributed by atoms with Gasteiger partial charge in [-0.2, -0.15) is 4.98 Å². The summed E-state index contributed by atoms with van der Waals surface area (Å²) >= 11 is 9.06. The fraction of sp³-hybridized carbons (Fsp3) is 0.231. The summed E-state index contributed by atoms with van der Waals surface area (Å²) in [5.41, 5.74) is 0.446. The average molecular weight is 391 g/mol. The molecule has 21 heavy (non-hydrogen) atoms. The summed E-state index contributed by atoms with van der Waals surface area (Å²) in [5.74, 6) is 0.404. The fourth-order valence-corrected chi connectivity index (χ4v) is 3.26. The molecule has 0 unspecified atom stereocenters. The Morgan fingerprint density at radius 3 is 2.62 bits per heavy atom. The lowest BCUT2D eigenvalue weighted by Gasteiger charge is -2.14. The first-order valence-electron chi connectivity index (χ1n) is 6.10. The van der Waals surface area contributed by atoms with Crippen LogP contribution in [0.25, 0.3) is 0 Å². The number of rotatable bonds is 4. The lowest BCUT2D eigenvalue weighted by atomic mass is 10.3. The number of nitrogens with one attached hydrogen (secondary N) is 1. The Morgan fingerprint density at radius 1 is 1.29 bits per heavy atom. The van der Waals surface area contributed by atoms with Crippen LogP contribution in [-0.2, 0) is 9.84 Å². The van der Waals surface area contributed by atoms with Gasteiger partial charge in [-0.05, 0) is 53.5 Å². The third kappa shape index (κ3) is 3.53. The van der Waals surface area contributed by atoms with Gasteiger partial charge < -0.3 is 5.32 Å². The minimum atomic E-state index is -3.40. The summed E-state index contributed by atoms with van der Waals surface area (Å²) in [7, 11) is -3.40. The Bertz CT molecular complexity index is 766. The first kappa shape index (κ1) is 16.2. The highest BCUT2D eigenvalue weighted by Gasteiger charge is 2.22. The number of hydrogen-bond acceptors (Lipinski definition) is 5. The van der Waals surface area contributed by atoms with Gasteiger partial charge in [-0.1, -0.05) is 12.1 Å². The second kappa shape index (κ2) is 6.29. The van der Waals surface area contributed by atoms with Gasteiger partial charge in [0.25, 0.3) is 0 Å². The minimum Gasteiger partial charge on any atom is -0.338 e. The van der Waals surface area contributed by atoms with Crippen LogP contribution in [0.15, 0.2) is 39.8 Å². The van der Waals surface area contributed by atoms with Crippen LogP contribution in [0.2, 0.25) is 5.28 Å². The van der Waals surface area contributed by atoms with Gasteiger partial charge in [0.1, 0.15) is 5.82 Å². The van der Waals surface area contributed by atoms with Gasteiger partial charge in [0.05, 0.1) is 20.3 Å². The number of hydrogen-bond donors (Lipinski definition) is 1.